The highest BCUT2D eigenvalue weighted by Gasteiger charge is 2.17. The summed E-state index contributed by atoms with van der Waals surface area (Å²) in [5, 5.41) is 9.09. The number of hydrogen-bond donors (Lipinski definition) is 1. The summed E-state index contributed by atoms with van der Waals surface area (Å²) in [6, 6.07) is 0. The Morgan fingerprint density at radius 2 is 1.39 bits per heavy atom. The SMILES string of the molecule is C=C(O)/C=C\C(=C)C(=C)/C=C(/F)C(=C)C(C)CCC(C)C(C)CCC(C)CC. The molecule has 2 heteroatoms. The maximum atomic E-state index is 14.6. The van der Waals surface area contributed by atoms with Gasteiger partial charge < -0.3 is 5.11 Å². The lowest BCUT2D eigenvalue weighted by Gasteiger charge is -2.23. The van der Waals surface area contributed by atoms with Crippen LogP contribution in [0.25, 0.3) is 0 Å². The molecule has 4 atom stereocenters. The van der Waals surface area contributed by atoms with Gasteiger partial charge in [0.15, 0.2) is 0 Å². The van der Waals surface area contributed by atoms with Gasteiger partial charge >= 0.3 is 0 Å². The number of aliphatic hydroxyl groups excluding tert-OH is 1. The summed E-state index contributed by atoms with van der Waals surface area (Å²) in [5.41, 5.74) is 1.48. The van der Waals surface area contributed by atoms with E-state index in [1.54, 1.807) is 6.08 Å². The molecule has 0 aromatic rings. The van der Waals surface area contributed by atoms with E-state index in [2.05, 4.69) is 54.0 Å². The van der Waals surface area contributed by atoms with Crippen molar-refractivity contribution in [1.29, 1.82) is 0 Å². The molecule has 0 rings (SSSR count). The minimum Gasteiger partial charge on any atom is -0.509 e. The van der Waals surface area contributed by atoms with Gasteiger partial charge in [0.25, 0.3) is 0 Å². The Labute approximate surface area is 173 Å². The maximum Gasteiger partial charge on any atom is 0.126 e. The minimum atomic E-state index is -0.354. The van der Waals surface area contributed by atoms with Crippen LogP contribution in [0.4, 0.5) is 4.39 Å². The van der Waals surface area contributed by atoms with E-state index in [9.17, 15) is 4.39 Å². The first-order valence-corrected chi connectivity index (χ1v) is 10.5. The van der Waals surface area contributed by atoms with Crippen molar-refractivity contribution >= 4 is 0 Å². The van der Waals surface area contributed by atoms with Crippen molar-refractivity contribution in [1.82, 2.24) is 0 Å². The fourth-order valence-electron chi connectivity index (χ4n) is 2.89. The van der Waals surface area contributed by atoms with E-state index < -0.39 is 0 Å². The molecule has 0 saturated carbocycles. The molecule has 0 aliphatic carbocycles. The molecule has 158 valence electrons. The Hall–Kier alpha value is -1.83. The minimum absolute atomic E-state index is 0.0780. The molecule has 1 nitrogen and oxygen atoms in total. The van der Waals surface area contributed by atoms with Crippen LogP contribution in [0, 0.1) is 23.7 Å². The maximum absolute atomic E-state index is 14.6. The molecule has 1 N–H and O–H groups in total. The second-order valence-corrected chi connectivity index (χ2v) is 8.42. The third-order valence-corrected chi connectivity index (χ3v) is 5.93. The van der Waals surface area contributed by atoms with E-state index in [-0.39, 0.29) is 17.5 Å². The van der Waals surface area contributed by atoms with Crippen molar-refractivity contribution in [2.24, 2.45) is 23.7 Å². The van der Waals surface area contributed by atoms with Crippen LogP contribution in [0.3, 0.4) is 0 Å². The van der Waals surface area contributed by atoms with Gasteiger partial charge in [-0.2, -0.15) is 0 Å². The Morgan fingerprint density at radius 3 is 1.89 bits per heavy atom. The van der Waals surface area contributed by atoms with Crippen molar-refractivity contribution in [2.45, 2.75) is 66.7 Å². The molecule has 28 heavy (non-hydrogen) atoms. The molecule has 0 aromatic heterocycles. The summed E-state index contributed by atoms with van der Waals surface area (Å²) < 4.78 is 14.6. The summed E-state index contributed by atoms with van der Waals surface area (Å²) in [7, 11) is 0. The fourth-order valence-corrected chi connectivity index (χ4v) is 2.89. The van der Waals surface area contributed by atoms with E-state index in [0.717, 1.165) is 18.8 Å². The van der Waals surface area contributed by atoms with Crippen LogP contribution in [-0.2, 0) is 0 Å². The number of hydrogen-bond acceptors (Lipinski definition) is 1. The topological polar surface area (TPSA) is 20.2 Å². The standard InChI is InChI=1S/C26H41FO/c1-10-18(2)11-12-19(3)20(4)13-14-22(6)25(9)26(27)17-23(7)21(5)15-16-24(8)28/h15-20,22,28H,5,7-14H2,1-4,6H3/b16-15-,26-17+. The third kappa shape index (κ3) is 10.5. The number of rotatable bonds is 14. The lowest BCUT2D eigenvalue weighted by atomic mass is 9.83. The van der Waals surface area contributed by atoms with Crippen molar-refractivity contribution in [3.8, 4) is 0 Å². The molecule has 0 heterocycles. The average molecular weight is 389 g/mol. The van der Waals surface area contributed by atoms with Gasteiger partial charge in [0.05, 0.1) is 0 Å². The van der Waals surface area contributed by atoms with Crippen LogP contribution in [-0.4, -0.2) is 5.11 Å². The molecule has 0 fully saturated rings. The number of aliphatic hydroxyl groups is 1. The molecule has 0 spiro atoms. The monoisotopic (exact) mass is 388 g/mol. The zero-order valence-corrected chi connectivity index (χ0v) is 18.7. The summed E-state index contributed by atoms with van der Waals surface area (Å²) in [6.07, 6.45) is 10.1. The van der Waals surface area contributed by atoms with Crippen molar-refractivity contribution < 1.29 is 9.50 Å². The van der Waals surface area contributed by atoms with Crippen molar-refractivity contribution in [3.63, 3.8) is 0 Å². The van der Waals surface area contributed by atoms with Crippen molar-refractivity contribution in [2.75, 3.05) is 0 Å². The number of allylic oxidation sites excluding steroid dienone is 7. The lowest BCUT2D eigenvalue weighted by molar-refractivity contribution is 0.300. The van der Waals surface area contributed by atoms with Gasteiger partial charge in [-0.3, -0.25) is 0 Å². The van der Waals surface area contributed by atoms with Crippen LogP contribution in [0.5, 0.6) is 0 Å². The van der Waals surface area contributed by atoms with Gasteiger partial charge in [0, 0.05) is 0 Å². The van der Waals surface area contributed by atoms with Gasteiger partial charge in [-0.25, -0.2) is 4.39 Å². The lowest BCUT2D eigenvalue weighted by Crippen LogP contribution is -2.11. The Balaban J connectivity index is 4.61. The predicted molar refractivity (Wildman–Crippen MR) is 123 cm³/mol. The smallest absolute Gasteiger partial charge is 0.126 e. The van der Waals surface area contributed by atoms with E-state index in [0.29, 0.717) is 28.6 Å². The second kappa shape index (κ2) is 13.4. The zero-order valence-electron chi connectivity index (χ0n) is 18.7. The van der Waals surface area contributed by atoms with Crippen LogP contribution in [0.2, 0.25) is 0 Å². The molecule has 4 unspecified atom stereocenters. The molecule has 0 saturated heterocycles. The van der Waals surface area contributed by atoms with Crippen molar-refractivity contribution in [3.05, 3.63) is 72.8 Å². The quantitative estimate of drug-likeness (QED) is 0.233. The largest absolute Gasteiger partial charge is 0.509 e. The van der Waals surface area contributed by atoms with E-state index in [1.807, 2.05) is 6.92 Å². The normalized spacial score (nSPS) is 16.4. The van der Waals surface area contributed by atoms with Crippen LogP contribution < -0.4 is 0 Å². The van der Waals surface area contributed by atoms with Crippen LogP contribution in [0.15, 0.2) is 72.8 Å². The van der Waals surface area contributed by atoms with Gasteiger partial charge in [-0.15, -0.1) is 0 Å². The predicted octanol–water partition coefficient (Wildman–Crippen LogP) is 8.65. The average Bonchev–Trinajstić information content (AvgIpc) is 2.66. The summed E-state index contributed by atoms with van der Waals surface area (Å²) >= 11 is 0. The highest BCUT2D eigenvalue weighted by Crippen LogP contribution is 2.30. The molecule has 0 aromatic carbocycles. The fraction of sp³-hybridized carbons (Fsp3) is 0.538. The first-order chi connectivity index (χ1) is 13.0. The van der Waals surface area contributed by atoms with Crippen LogP contribution in [0.1, 0.15) is 66.7 Å². The summed E-state index contributed by atoms with van der Waals surface area (Å²) in [5.74, 6) is 1.75. The Bertz CT molecular complexity index is 608. The molecule has 0 amide bonds. The van der Waals surface area contributed by atoms with Gasteiger partial charge in [-0.05, 0) is 65.4 Å². The summed E-state index contributed by atoms with van der Waals surface area (Å²) in [4.78, 5) is 0. The van der Waals surface area contributed by atoms with Gasteiger partial charge in [0.2, 0.25) is 0 Å². The first-order valence-electron chi connectivity index (χ1n) is 10.5. The molecule has 0 bridgehead atoms. The summed E-state index contributed by atoms with van der Waals surface area (Å²) in [6.45, 7) is 26.2. The van der Waals surface area contributed by atoms with E-state index >= 15 is 0 Å². The second-order valence-electron chi connectivity index (χ2n) is 8.42. The van der Waals surface area contributed by atoms with E-state index in [1.165, 1.54) is 31.4 Å². The highest BCUT2D eigenvalue weighted by molar-refractivity contribution is 5.46. The van der Waals surface area contributed by atoms with Gasteiger partial charge in [0.1, 0.15) is 11.6 Å². The van der Waals surface area contributed by atoms with Gasteiger partial charge in [-0.1, -0.05) is 86.3 Å². The zero-order chi connectivity index (χ0) is 21.9. The first kappa shape index (κ1) is 26.2. The molecule has 0 radical (unpaired) electrons. The van der Waals surface area contributed by atoms with E-state index in [4.69, 9.17) is 5.11 Å². The molecule has 0 aliphatic rings. The Morgan fingerprint density at radius 1 is 0.857 bits per heavy atom. The molecular formula is C26H41FO. The highest BCUT2D eigenvalue weighted by atomic mass is 19.1. The third-order valence-electron chi connectivity index (χ3n) is 5.93. The number of halogens is 1. The molecular weight excluding hydrogens is 347 g/mol. The molecule has 0 aliphatic heterocycles. The Kier molecular flexibility index (Phi) is 12.5. The van der Waals surface area contributed by atoms with Crippen LogP contribution >= 0.6 is 0 Å².